The number of aromatic nitrogens is 3. The van der Waals surface area contributed by atoms with Gasteiger partial charge in [-0.1, -0.05) is 23.4 Å². The van der Waals surface area contributed by atoms with E-state index in [0.29, 0.717) is 23.3 Å². The zero-order valence-corrected chi connectivity index (χ0v) is 15.1. The van der Waals surface area contributed by atoms with Crippen LogP contribution in [-0.4, -0.2) is 32.6 Å². The Morgan fingerprint density at radius 1 is 1.48 bits per heavy atom. The Kier molecular flexibility index (Phi) is 5.80. The molecule has 7 nitrogen and oxygen atoms in total. The minimum absolute atomic E-state index is 0.0241. The molecule has 0 spiro atoms. The van der Waals surface area contributed by atoms with E-state index < -0.39 is 0 Å². The number of nitrogens with two attached hydrogens (primary N) is 1. The van der Waals surface area contributed by atoms with Gasteiger partial charge in [0.1, 0.15) is 0 Å². The predicted molar refractivity (Wildman–Crippen MR) is 97.4 cm³/mol. The zero-order valence-electron chi connectivity index (χ0n) is 14.3. The van der Waals surface area contributed by atoms with Crippen molar-refractivity contribution in [3.05, 3.63) is 30.0 Å². The largest absolute Gasteiger partial charge is 0.461 e. The lowest BCUT2D eigenvalue weighted by Gasteiger charge is -2.14. The number of rotatable bonds is 7. The van der Waals surface area contributed by atoms with Gasteiger partial charge in [0.25, 0.3) is 0 Å². The van der Waals surface area contributed by atoms with Crippen LogP contribution in [0.4, 0.5) is 0 Å². The average molecular weight is 361 g/mol. The van der Waals surface area contributed by atoms with E-state index in [1.807, 2.05) is 6.92 Å². The molecule has 8 heteroatoms. The van der Waals surface area contributed by atoms with Gasteiger partial charge < -0.3 is 15.6 Å². The van der Waals surface area contributed by atoms with Gasteiger partial charge in [0.2, 0.25) is 16.9 Å². The van der Waals surface area contributed by atoms with Gasteiger partial charge in [-0.2, -0.15) is 0 Å². The van der Waals surface area contributed by atoms with E-state index in [1.54, 1.807) is 18.4 Å². The average Bonchev–Trinajstić information content (AvgIpc) is 3.26. The van der Waals surface area contributed by atoms with Crippen LogP contribution in [0.15, 0.2) is 39.6 Å². The van der Waals surface area contributed by atoms with Crippen molar-refractivity contribution >= 4 is 17.7 Å². The Bertz CT molecular complexity index is 738. The fraction of sp³-hybridized carbons (Fsp3) is 0.471. The Labute approximate surface area is 151 Å². The van der Waals surface area contributed by atoms with Gasteiger partial charge in [-0.3, -0.25) is 4.79 Å². The molecule has 0 fully saturated rings. The normalized spacial score (nSPS) is 15.6. The number of nitrogens with zero attached hydrogens (tertiary/aromatic N) is 3. The maximum Gasteiger partial charge on any atom is 0.233 e. The van der Waals surface area contributed by atoms with Crippen molar-refractivity contribution in [2.45, 2.75) is 49.4 Å². The number of carbonyl (C=O) groups is 1. The highest BCUT2D eigenvalue weighted by atomic mass is 32.2. The number of carbonyl (C=O) groups excluding carboxylic acids is 1. The number of hydrogen-bond acceptors (Lipinski definition) is 6. The first kappa shape index (κ1) is 17.6. The van der Waals surface area contributed by atoms with Crippen molar-refractivity contribution in [1.29, 1.82) is 0 Å². The molecule has 2 heterocycles. The van der Waals surface area contributed by atoms with Crippen molar-refractivity contribution in [3.63, 3.8) is 0 Å². The summed E-state index contributed by atoms with van der Waals surface area (Å²) in [6.07, 6.45) is 9.65. The highest BCUT2D eigenvalue weighted by Gasteiger charge is 2.20. The molecule has 0 radical (unpaired) electrons. The number of hydrogen-bond donors (Lipinski definition) is 2. The van der Waals surface area contributed by atoms with E-state index in [1.165, 1.54) is 41.3 Å². The van der Waals surface area contributed by atoms with Gasteiger partial charge in [-0.05, 0) is 51.2 Å². The number of thioether (sulfide) groups is 1. The maximum absolute atomic E-state index is 12.3. The van der Waals surface area contributed by atoms with Crippen LogP contribution in [0.3, 0.4) is 0 Å². The summed E-state index contributed by atoms with van der Waals surface area (Å²) in [4.78, 5) is 12.3. The summed E-state index contributed by atoms with van der Waals surface area (Å²) >= 11 is 1.28. The topological polar surface area (TPSA) is 99.0 Å². The molecule has 3 N–H and O–H groups in total. The lowest BCUT2D eigenvalue weighted by Crippen LogP contribution is -2.32. The van der Waals surface area contributed by atoms with Crippen molar-refractivity contribution in [2.24, 2.45) is 0 Å². The molecule has 0 aromatic carbocycles. The van der Waals surface area contributed by atoms with Crippen LogP contribution in [-0.2, 0) is 4.79 Å². The first-order chi connectivity index (χ1) is 12.1. The van der Waals surface area contributed by atoms with Gasteiger partial charge in [-0.25, -0.2) is 4.68 Å². The lowest BCUT2D eigenvalue weighted by atomic mass is 9.97. The molecule has 1 aliphatic carbocycles. The fourth-order valence-corrected chi connectivity index (χ4v) is 3.56. The molecular formula is C17H23N5O2S. The highest BCUT2D eigenvalue weighted by Crippen LogP contribution is 2.25. The van der Waals surface area contributed by atoms with Gasteiger partial charge in [0, 0.05) is 6.54 Å². The summed E-state index contributed by atoms with van der Waals surface area (Å²) in [6.45, 7) is 2.50. The second-order valence-electron chi connectivity index (χ2n) is 6.06. The first-order valence-corrected chi connectivity index (χ1v) is 9.40. The fourth-order valence-electron chi connectivity index (χ4n) is 2.76. The molecule has 2 aromatic rings. The molecule has 1 atom stereocenters. The molecule has 0 saturated carbocycles. The Hall–Kier alpha value is -2.22. The Balaban J connectivity index is 1.50. The molecule has 1 unspecified atom stereocenters. The van der Waals surface area contributed by atoms with Crippen LogP contribution >= 0.6 is 11.8 Å². The molecule has 0 bridgehead atoms. The molecule has 0 saturated heterocycles. The number of nitrogens with one attached hydrogen (secondary N) is 1. The van der Waals surface area contributed by atoms with Crippen molar-refractivity contribution in [1.82, 2.24) is 20.2 Å². The van der Waals surface area contributed by atoms with Crippen LogP contribution in [0.2, 0.25) is 0 Å². The molecule has 25 heavy (non-hydrogen) atoms. The standard InChI is InChI=1S/C17H23N5O2S/c1-12(16(23)19-10-9-13-6-3-2-4-7-13)25-17-21-20-15(22(17)18)14-8-5-11-24-14/h5-6,8,11-12H,2-4,7,9-10,18H2,1H3,(H,19,23). The summed E-state index contributed by atoms with van der Waals surface area (Å²) in [5, 5.41) is 11.2. The maximum atomic E-state index is 12.3. The van der Waals surface area contributed by atoms with Crippen LogP contribution in [0.25, 0.3) is 11.6 Å². The van der Waals surface area contributed by atoms with E-state index in [-0.39, 0.29) is 11.2 Å². The number of allylic oxidation sites excluding steroid dienone is 1. The van der Waals surface area contributed by atoms with Gasteiger partial charge in [-0.15, -0.1) is 10.2 Å². The van der Waals surface area contributed by atoms with Gasteiger partial charge >= 0.3 is 0 Å². The molecule has 2 aromatic heterocycles. The summed E-state index contributed by atoms with van der Waals surface area (Å²) in [5.74, 6) is 6.96. The molecule has 3 rings (SSSR count). The van der Waals surface area contributed by atoms with Crippen molar-refractivity contribution < 1.29 is 9.21 Å². The minimum atomic E-state index is -0.309. The second-order valence-corrected chi connectivity index (χ2v) is 7.37. The third kappa shape index (κ3) is 4.45. The van der Waals surface area contributed by atoms with Crippen LogP contribution in [0.1, 0.15) is 39.0 Å². The third-order valence-corrected chi connectivity index (χ3v) is 5.24. The highest BCUT2D eigenvalue weighted by molar-refractivity contribution is 8.00. The molecule has 0 aliphatic heterocycles. The van der Waals surface area contributed by atoms with E-state index >= 15 is 0 Å². The first-order valence-electron chi connectivity index (χ1n) is 8.52. The predicted octanol–water partition coefficient (Wildman–Crippen LogP) is 2.74. The molecular weight excluding hydrogens is 338 g/mol. The number of nitrogen functional groups attached to an aromatic ring is 1. The lowest BCUT2D eigenvalue weighted by molar-refractivity contribution is -0.120. The molecule has 1 amide bonds. The van der Waals surface area contributed by atoms with E-state index in [2.05, 4.69) is 21.6 Å². The Morgan fingerprint density at radius 2 is 2.36 bits per heavy atom. The summed E-state index contributed by atoms with van der Waals surface area (Å²) < 4.78 is 6.63. The van der Waals surface area contributed by atoms with Crippen molar-refractivity contribution in [3.8, 4) is 11.6 Å². The molecule has 134 valence electrons. The van der Waals surface area contributed by atoms with Crippen LogP contribution < -0.4 is 11.2 Å². The third-order valence-electron chi connectivity index (χ3n) is 4.19. The van der Waals surface area contributed by atoms with Gasteiger partial charge in [0.05, 0.1) is 11.5 Å². The summed E-state index contributed by atoms with van der Waals surface area (Å²) in [7, 11) is 0. The zero-order chi connectivity index (χ0) is 17.6. The SMILES string of the molecule is CC(Sc1nnc(-c2ccco2)n1N)C(=O)NCCC1=CCCCC1. The van der Waals surface area contributed by atoms with Crippen LogP contribution in [0.5, 0.6) is 0 Å². The quantitative estimate of drug-likeness (QED) is 0.447. The Morgan fingerprint density at radius 3 is 3.08 bits per heavy atom. The van der Waals surface area contributed by atoms with Crippen LogP contribution in [0, 0.1) is 0 Å². The number of amides is 1. The molecule has 1 aliphatic rings. The van der Waals surface area contributed by atoms with Gasteiger partial charge in [0.15, 0.2) is 5.76 Å². The monoisotopic (exact) mass is 361 g/mol. The number of furan rings is 1. The summed E-state index contributed by atoms with van der Waals surface area (Å²) in [5.41, 5.74) is 1.46. The van der Waals surface area contributed by atoms with Crippen molar-refractivity contribution in [2.75, 3.05) is 12.4 Å². The second kappa shape index (κ2) is 8.24. The summed E-state index contributed by atoms with van der Waals surface area (Å²) in [6, 6.07) is 3.52. The van der Waals surface area contributed by atoms with E-state index in [9.17, 15) is 4.79 Å². The smallest absolute Gasteiger partial charge is 0.233 e. The van der Waals surface area contributed by atoms with E-state index in [0.717, 1.165) is 12.8 Å². The minimum Gasteiger partial charge on any atom is -0.461 e. The van der Waals surface area contributed by atoms with E-state index in [4.69, 9.17) is 10.3 Å².